The Balaban J connectivity index is 1.72. The quantitative estimate of drug-likeness (QED) is 0.821. The van der Waals surface area contributed by atoms with Crippen molar-refractivity contribution in [2.45, 2.75) is 46.5 Å². The predicted octanol–water partition coefficient (Wildman–Crippen LogP) is 4.34. The van der Waals surface area contributed by atoms with E-state index < -0.39 is 0 Å². The van der Waals surface area contributed by atoms with E-state index in [4.69, 9.17) is 0 Å². The fraction of sp³-hybridized carbons (Fsp3) is 0.684. The molecule has 1 N–H and O–H groups in total. The van der Waals surface area contributed by atoms with Crippen LogP contribution in [0.4, 0.5) is 4.39 Å². The van der Waals surface area contributed by atoms with Crippen LogP contribution in [0.5, 0.6) is 0 Å². The lowest BCUT2D eigenvalue weighted by molar-refractivity contribution is 0.244. The van der Waals surface area contributed by atoms with Crippen LogP contribution in [0.2, 0.25) is 0 Å². The molecule has 116 valence electrons. The van der Waals surface area contributed by atoms with E-state index in [-0.39, 0.29) is 5.82 Å². The molecule has 1 aromatic carbocycles. The number of fused-ring (bicyclic) bond motifs is 1. The van der Waals surface area contributed by atoms with Crippen molar-refractivity contribution in [1.29, 1.82) is 0 Å². The van der Waals surface area contributed by atoms with Crippen molar-refractivity contribution in [3.63, 3.8) is 0 Å². The van der Waals surface area contributed by atoms with Gasteiger partial charge in [0.1, 0.15) is 5.82 Å². The van der Waals surface area contributed by atoms with Gasteiger partial charge in [0.05, 0.1) is 0 Å². The maximum atomic E-state index is 13.6. The summed E-state index contributed by atoms with van der Waals surface area (Å²) in [5.41, 5.74) is 2.81. The van der Waals surface area contributed by atoms with Crippen LogP contribution >= 0.6 is 0 Å². The molecule has 2 heteroatoms. The summed E-state index contributed by atoms with van der Waals surface area (Å²) >= 11 is 0. The maximum Gasteiger partial charge on any atom is 0.123 e. The molecule has 0 bridgehead atoms. The monoisotopic (exact) mass is 289 g/mol. The lowest BCUT2D eigenvalue weighted by atomic mass is 9.76. The summed E-state index contributed by atoms with van der Waals surface area (Å²) in [5.74, 6) is 2.51. The molecular formula is C19H28FN. The zero-order chi connectivity index (χ0) is 15.0. The number of benzene rings is 1. The average molecular weight is 289 g/mol. The van der Waals surface area contributed by atoms with Crippen molar-refractivity contribution in [1.82, 2.24) is 5.32 Å². The van der Waals surface area contributed by atoms with Gasteiger partial charge in [0.25, 0.3) is 0 Å². The highest BCUT2D eigenvalue weighted by molar-refractivity contribution is 5.28. The minimum Gasteiger partial charge on any atom is -0.316 e. The van der Waals surface area contributed by atoms with E-state index in [1.807, 2.05) is 6.07 Å². The number of aryl methyl sites for hydroxylation is 1. The van der Waals surface area contributed by atoms with Gasteiger partial charge < -0.3 is 5.32 Å². The number of hydrogen-bond acceptors (Lipinski definition) is 1. The first-order valence-electron chi connectivity index (χ1n) is 8.43. The summed E-state index contributed by atoms with van der Waals surface area (Å²) < 4.78 is 13.6. The Morgan fingerprint density at radius 3 is 2.67 bits per heavy atom. The summed E-state index contributed by atoms with van der Waals surface area (Å²) in [5, 5.41) is 3.67. The molecule has 1 nitrogen and oxygen atoms in total. The van der Waals surface area contributed by atoms with Gasteiger partial charge in [-0.2, -0.15) is 0 Å². The highest BCUT2D eigenvalue weighted by Crippen LogP contribution is 2.60. The number of rotatable bonds is 6. The van der Waals surface area contributed by atoms with E-state index >= 15 is 0 Å². The van der Waals surface area contributed by atoms with Crippen LogP contribution in [0.15, 0.2) is 18.2 Å². The summed E-state index contributed by atoms with van der Waals surface area (Å²) in [7, 11) is 0. The fourth-order valence-electron chi connectivity index (χ4n) is 4.22. The molecule has 1 aromatic rings. The van der Waals surface area contributed by atoms with E-state index in [9.17, 15) is 4.39 Å². The van der Waals surface area contributed by atoms with Crippen LogP contribution in [0.25, 0.3) is 0 Å². The molecule has 2 saturated carbocycles. The van der Waals surface area contributed by atoms with Crippen LogP contribution in [0, 0.1) is 35.9 Å². The van der Waals surface area contributed by atoms with Gasteiger partial charge in [0.15, 0.2) is 0 Å². The molecule has 0 spiro atoms. The molecule has 0 aromatic heterocycles. The number of halogens is 1. The lowest BCUT2D eigenvalue weighted by Crippen LogP contribution is -2.37. The average Bonchev–Trinajstić information content (AvgIpc) is 3.02. The van der Waals surface area contributed by atoms with Crippen molar-refractivity contribution in [2.75, 3.05) is 13.1 Å². The van der Waals surface area contributed by atoms with Crippen molar-refractivity contribution < 1.29 is 4.39 Å². The third-order valence-electron chi connectivity index (χ3n) is 5.39. The molecule has 2 fully saturated rings. The van der Waals surface area contributed by atoms with Crippen LogP contribution in [-0.4, -0.2) is 13.1 Å². The van der Waals surface area contributed by atoms with E-state index in [2.05, 4.69) is 26.1 Å². The maximum absolute atomic E-state index is 13.6. The zero-order valence-electron chi connectivity index (χ0n) is 13.6. The standard InChI is InChI=1S/C19H28FN/c1-13(2)11-21-12-19(9-16-6-17(16)10-19)8-15-7-18(20)5-4-14(15)3/h4-5,7,13,16-17,21H,6,8-12H2,1-3H3. The van der Waals surface area contributed by atoms with Gasteiger partial charge in [-0.1, -0.05) is 19.9 Å². The Kier molecular flexibility index (Phi) is 4.09. The highest BCUT2D eigenvalue weighted by atomic mass is 19.1. The second-order valence-corrected chi connectivity index (χ2v) is 7.94. The summed E-state index contributed by atoms with van der Waals surface area (Å²) in [6.07, 6.45) is 5.14. The summed E-state index contributed by atoms with van der Waals surface area (Å²) in [4.78, 5) is 0. The molecule has 0 amide bonds. The first kappa shape index (κ1) is 15.0. The molecule has 2 unspecified atom stereocenters. The molecular weight excluding hydrogens is 261 g/mol. The van der Waals surface area contributed by atoms with Gasteiger partial charge in [-0.15, -0.1) is 0 Å². The van der Waals surface area contributed by atoms with Gasteiger partial charge in [-0.25, -0.2) is 4.39 Å². The smallest absolute Gasteiger partial charge is 0.123 e. The van der Waals surface area contributed by atoms with E-state index in [0.717, 1.165) is 31.3 Å². The fourth-order valence-corrected chi connectivity index (χ4v) is 4.22. The van der Waals surface area contributed by atoms with Gasteiger partial charge in [0.2, 0.25) is 0 Å². The number of hydrogen-bond donors (Lipinski definition) is 1. The van der Waals surface area contributed by atoms with Crippen LogP contribution in [0.3, 0.4) is 0 Å². The molecule has 2 aliphatic carbocycles. The molecule has 3 rings (SSSR count). The third kappa shape index (κ3) is 3.48. The minimum absolute atomic E-state index is 0.0935. The van der Waals surface area contributed by atoms with Gasteiger partial charge >= 0.3 is 0 Å². The van der Waals surface area contributed by atoms with Gasteiger partial charge in [-0.05, 0) is 85.6 Å². The molecule has 0 radical (unpaired) electrons. The molecule has 0 saturated heterocycles. The summed E-state index contributed by atoms with van der Waals surface area (Å²) in [6, 6.07) is 5.26. The first-order valence-corrected chi connectivity index (χ1v) is 8.43. The van der Waals surface area contributed by atoms with Crippen LogP contribution in [-0.2, 0) is 6.42 Å². The Hall–Kier alpha value is -0.890. The van der Waals surface area contributed by atoms with E-state index in [0.29, 0.717) is 11.3 Å². The Morgan fingerprint density at radius 2 is 2.00 bits per heavy atom. The number of nitrogens with one attached hydrogen (secondary N) is 1. The van der Waals surface area contributed by atoms with Gasteiger partial charge in [0, 0.05) is 6.54 Å². The van der Waals surface area contributed by atoms with Crippen LogP contribution in [0.1, 0.15) is 44.2 Å². The molecule has 0 aliphatic heterocycles. The third-order valence-corrected chi connectivity index (χ3v) is 5.39. The van der Waals surface area contributed by atoms with E-state index in [1.165, 1.54) is 30.4 Å². The Bertz CT molecular complexity index is 498. The second kappa shape index (κ2) is 5.72. The second-order valence-electron chi connectivity index (χ2n) is 7.94. The Labute approximate surface area is 128 Å². The topological polar surface area (TPSA) is 12.0 Å². The molecule has 2 aliphatic rings. The van der Waals surface area contributed by atoms with Crippen molar-refractivity contribution in [3.8, 4) is 0 Å². The minimum atomic E-state index is -0.0935. The predicted molar refractivity (Wildman–Crippen MR) is 85.8 cm³/mol. The first-order chi connectivity index (χ1) is 9.97. The summed E-state index contributed by atoms with van der Waals surface area (Å²) in [6.45, 7) is 8.79. The SMILES string of the molecule is Cc1ccc(F)cc1CC1(CNCC(C)C)CC2CC2C1. The van der Waals surface area contributed by atoms with Crippen molar-refractivity contribution in [2.24, 2.45) is 23.2 Å². The van der Waals surface area contributed by atoms with E-state index in [1.54, 1.807) is 12.1 Å². The largest absolute Gasteiger partial charge is 0.316 e. The van der Waals surface area contributed by atoms with Crippen molar-refractivity contribution >= 4 is 0 Å². The highest BCUT2D eigenvalue weighted by Gasteiger charge is 2.53. The molecule has 2 atom stereocenters. The zero-order valence-corrected chi connectivity index (χ0v) is 13.6. The molecule has 21 heavy (non-hydrogen) atoms. The van der Waals surface area contributed by atoms with Gasteiger partial charge in [-0.3, -0.25) is 0 Å². The normalized spacial score (nSPS) is 30.7. The van der Waals surface area contributed by atoms with Crippen molar-refractivity contribution in [3.05, 3.63) is 35.1 Å². The molecule has 0 heterocycles. The Morgan fingerprint density at radius 1 is 1.29 bits per heavy atom. The lowest BCUT2D eigenvalue weighted by Gasteiger charge is -2.32. The van der Waals surface area contributed by atoms with Crippen LogP contribution < -0.4 is 5.32 Å².